The van der Waals surface area contributed by atoms with Gasteiger partial charge in [-0.25, -0.2) is 9.18 Å². The highest BCUT2D eigenvalue weighted by atomic mass is 19.1. The third kappa shape index (κ3) is 4.17. The van der Waals surface area contributed by atoms with Crippen LogP contribution in [0.1, 0.15) is 6.42 Å². The van der Waals surface area contributed by atoms with Crippen LogP contribution in [0.4, 0.5) is 20.6 Å². The molecule has 2 N–H and O–H groups in total. The molecule has 0 unspecified atom stereocenters. The van der Waals surface area contributed by atoms with Gasteiger partial charge in [0.25, 0.3) is 0 Å². The summed E-state index contributed by atoms with van der Waals surface area (Å²) in [7, 11) is 1.66. The number of halogens is 1. The van der Waals surface area contributed by atoms with Gasteiger partial charge in [0.2, 0.25) is 0 Å². The molecule has 1 aliphatic heterocycles. The zero-order valence-corrected chi connectivity index (χ0v) is 14.0. The Kier molecular flexibility index (Phi) is 5.33. The molecule has 0 radical (unpaired) electrons. The van der Waals surface area contributed by atoms with Gasteiger partial charge in [-0.05, 0) is 30.5 Å². The van der Waals surface area contributed by atoms with Crippen molar-refractivity contribution in [3.63, 3.8) is 0 Å². The van der Waals surface area contributed by atoms with E-state index in [1.54, 1.807) is 7.11 Å². The highest BCUT2D eigenvalue weighted by Gasteiger charge is 2.24. The molecule has 7 heteroatoms. The molecule has 2 heterocycles. The van der Waals surface area contributed by atoms with Crippen molar-refractivity contribution in [3.05, 3.63) is 48.5 Å². The van der Waals surface area contributed by atoms with E-state index in [1.165, 1.54) is 12.3 Å². The number of anilines is 2. The van der Waals surface area contributed by atoms with E-state index >= 15 is 0 Å². The van der Waals surface area contributed by atoms with Gasteiger partial charge in [-0.2, -0.15) is 0 Å². The average Bonchev–Trinajstić information content (AvgIpc) is 3.11. The average molecular weight is 344 g/mol. The summed E-state index contributed by atoms with van der Waals surface area (Å²) in [6, 6.07) is 8.92. The number of nitrogens with zero attached hydrogens (tertiary/aromatic N) is 2. The molecule has 2 aromatic rings. The van der Waals surface area contributed by atoms with Crippen LogP contribution < -0.4 is 20.3 Å². The second-order valence-corrected chi connectivity index (χ2v) is 5.96. The van der Waals surface area contributed by atoms with E-state index in [0.717, 1.165) is 37.1 Å². The number of methoxy groups -OCH3 is 1. The van der Waals surface area contributed by atoms with E-state index < -0.39 is 11.8 Å². The molecule has 0 saturated carbocycles. The van der Waals surface area contributed by atoms with Crippen molar-refractivity contribution in [2.24, 2.45) is 5.92 Å². The summed E-state index contributed by atoms with van der Waals surface area (Å²) in [5.74, 6) is 0.626. The minimum absolute atomic E-state index is 0.120. The lowest BCUT2D eigenvalue weighted by Gasteiger charge is -2.21. The third-order valence-corrected chi connectivity index (χ3v) is 4.28. The molecule has 1 aromatic heterocycles. The van der Waals surface area contributed by atoms with Gasteiger partial charge in [-0.3, -0.25) is 4.98 Å². The fourth-order valence-corrected chi connectivity index (χ4v) is 2.99. The zero-order chi connectivity index (χ0) is 17.6. The van der Waals surface area contributed by atoms with E-state index in [0.29, 0.717) is 12.5 Å². The van der Waals surface area contributed by atoms with Gasteiger partial charge in [0.1, 0.15) is 5.75 Å². The van der Waals surface area contributed by atoms with Crippen LogP contribution in [-0.2, 0) is 0 Å². The molecule has 132 valence electrons. The zero-order valence-electron chi connectivity index (χ0n) is 14.0. The maximum Gasteiger partial charge on any atom is 0.319 e. The maximum absolute atomic E-state index is 13.5. The Morgan fingerprint density at radius 2 is 2.24 bits per heavy atom. The normalized spacial score (nSPS) is 16.6. The largest absolute Gasteiger partial charge is 0.495 e. The second-order valence-electron chi connectivity index (χ2n) is 5.96. The molecule has 25 heavy (non-hydrogen) atoms. The summed E-state index contributed by atoms with van der Waals surface area (Å²) in [5, 5.41) is 5.30. The number of ether oxygens (including phenoxy) is 1. The van der Waals surface area contributed by atoms with Crippen LogP contribution in [0.3, 0.4) is 0 Å². The minimum atomic E-state index is -0.555. The molecular formula is C18H21FN4O2. The van der Waals surface area contributed by atoms with E-state index in [-0.39, 0.29) is 5.69 Å². The van der Waals surface area contributed by atoms with E-state index in [1.807, 2.05) is 24.3 Å². The molecule has 0 aliphatic carbocycles. The molecule has 2 amide bonds. The first-order chi connectivity index (χ1) is 12.2. The number of carbonyl (C=O) groups excluding carboxylic acids is 1. The van der Waals surface area contributed by atoms with Crippen LogP contribution in [-0.4, -0.2) is 37.8 Å². The molecule has 1 atom stereocenters. The fraction of sp³-hybridized carbons (Fsp3) is 0.333. The van der Waals surface area contributed by atoms with E-state index in [9.17, 15) is 9.18 Å². The summed E-state index contributed by atoms with van der Waals surface area (Å²) in [6.07, 6.45) is 3.47. The SMILES string of the molecule is COc1ccccc1N1CC[C@H](CNC(=O)Nc2ccncc2F)C1. The van der Waals surface area contributed by atoms with Gasteiger partial charge in [-0.15, -0.1) is 0 Å². The molecule has 1 saturated heterocycles. The first-order valence-corrected chi connectivity index (χ1v) is 8.19. The van der Waals surface area contributed by atoms with Crippen LogP contribution in [0, 0.1) is 11.7 Å². The summed E-state index contributed by atoms with van der Waals surface area (Å²) < 4.78 is 18.9. The molecule has 3 rings (SSSR count). The smallest absolute Gasteiger partial charge is 0.319 e. The fourth-order valence-electron chi connectivity index (χ4n) is 2.99. The summed E-state index contributed by atoms with van der Waals surface area (Å²) in [4.78, 5) is 17.8. The van der Waals surface area contributed by atoms with Gasteiger partial charge < -0.3 is 20.3 Å². The van der Waals surface area contributed by atoms with E-state index in [4.69, 9.17) is 4.74 Å². The number of nitrogens with one attached hydrogen (secondary N) is 2. The van der Waals surface area contributed by atoms with Gasteiger partial charge in [0.05, 0.1) is 24.7 Å². The molecular weight excluding hydrogens is 323 g/mol. The van der Waals surface area contributed by atoms with E-state index in [2.05, 4.69) is 20.5 Å². The van der Waals surface area contributed by atoms with Crippen LogP contribution in [0.25, 0.3) is 0 Å². The minimum Gasteiger partial charge on any atom is -0.495 e. The lowest BCUT2D eigenvalue weighted by Crippen LogP contribution is -2.34. The Labute approximate surface area is 146 Å². The van der Waals surface area contributed by atoms with Crippen LogP contribution in [0.5, 0.6) is 5.75 Å². The number of hydrogen-bond acceptors (Lipinski definition) is 4. The highest BCUT2D eigenvalue weighted by Crippen LogP contribution is 2.31. The molecule has 1 aliphatic rings. The molecule has 0 bridgehead atoms. The number of benzene rings is 1. The second kappa shape index (κ2) is 7.83. The number of para-hydroxylation sites is 2. The molecule has 1 aromatic carbocycles. The number of hydrogen-bond donors (Lipinski definition) is 2. The predicted molar refractivity (Wildman–Crippen MR) is 94.5 cm³/mol. The molecule has 1 fully saturated rings. The van der Waals surface area contributed by atoms with Gasteiger partial charge >= 0.3 is 6.03 Å². The maximum atomic E-state index is 13.5. The van der Waals surface area contributed by atoms with Crippen molar-refractivity contribution < 1.29 is 13.9 Å². The Hall–Kier alpha value is -2.83. The summed E-state index contributed by atoms with van der Waals surface area (Å²) >= 11 is 0. The van der Waals surface area contributed by atoms with Gasteiger partial charge in [-0.1, -0.05) is 12.1 Å². The van der Waals surface area contributed by atoms with Crippen molar-refractivity contribution in [1.29, 1.82) is 0 Å². The monoisotopic (exact) mass is 344 g/mol. The first kappa shape index (κ1) is 17.0. The number of pyridine rings is 1. The molecule has 6 nitrogen and oxygen atoms in total. The van der Waals surface area contributed by atoms with Crippen molar-refractivity contribution >= 4 is 17.4 Å². The quantitative estimate of drug-likeness (QED) is 0.875. The van der Waals surface area contributed by atoms with Crippen LogP contribution >= 0.6 is 0 Å². The number of amides is 2. The number of rotatable bonds is 5. The van der Waals surface area contributed by atoms with Crippen LogP contribution in [0.15, 0.2) is 42.7 Å². The first-order valence-electron chi connectivity index (χ1n) is 8.19. The Bertz CT molecular complexity index is 741. The lowest BCUT2D eigenvalue weighted by atomic mass is 10.1. The number of aromatic nitrogens is 1. The van der Waals surface area contributed by atoms with Crippen molar-refractivity contribution in [2.45, 2.75) is 6.42 Å². The predicted octanol–water partition coefficient (Wildman–Crippen LogP) is 2.88. The van der Waals surface area contributed by atoms with Crippen molar-refractivity contribution in [3.8, 4) is 5.75 Å². The van der Waals surface area contributed by atoms with Crippen LogP contribution in [0.2, 0.25) is 0 Å². The standard InChI is InChI=1S/C18H21FN4O2/c1-25-17-5-3-2-4-16(17)23-9-7-13(12-23)10-21-18(24)22-15-6-8-20-11-14(15)19/h2-6,8,11,13H,7,9-10,12H2,1H3,(H2,20,21,22,24)/t13-/m1/s1. The summed E-state index contributed by atoms with van der Waals surface area (Å²) in [5.41, 5.74) is 1.19. The number of carbonyl (C=O) groups is 1. The van der Waals surface area contributed by atoms with Crippen molar-refractivity contribution in [2.75, 3.05) is 37.0 Å². The third-order valence-electron chi connectivity index (χ3n) is 4.28. The van der Waals surface area contributed by atoms with Gasteiger partial charge in [0.15, 0.2) is 5.82 Å². The molecule has 0 spiro atoms. The number of urea groups is 1. The Balaban J connectivity index is 1.50. The lowest BCUT2D eigenvalue weighted by molar-refractivity contribution is 0.250. The highest BCUT2D eigenvalue weighted by molar-refractivity contribution is 5.89. The summed E-state index contributed by atoms with van der Waals surface area (Å²) in [6.45, 7) is 2.28. The topological polar surface area (TPSA) is 66.5 Å². The van der Waals surface area contributed by atoms with Gasteiger partial charge in [0, 0.05) is 25.8 Å². The Morgan fingerprint density at radius 1 is 1.40 bits per heavy atom. The van der Waals surface area contributed by atoms with Crippen molar-refractivity contribution in [1.82, 2.24) is 10.3 Å². The Morgan fingerprint density at radius 3 is 3.04 bits per heavy atom.